The second kappa shape index (κ2) is 7.77. The summed E-state index contributed by atoms with van der Waals surface area (Å²) < 4.78 is 41.1. The Balaban J connectivity index is 1.58. The van der Waals surface area contributed by atoms with Gasteiger partial charge in [-0.25, -0.2) is 17.6 Å². The molecule has 9 heteroatoms. The Labute approximate surface area is 160 Å². The molecule has 1 aliphatic heterocycles. The van der Waals surface area contributed by atoms with Crippen LogP contribution in [0.25, 0.3) is 10.4 Å². The first-order valence-electron chi connectivity index (χ1n) is 8.31. The molecule has 0 aliphatic carbocycles. The lowest BCUT2D eigenvalue weighted by Gasteiger charge is -2.16. The van der Waals surface area contributed by atoms with E-state index in [1.807, 2.05) is 0 Å². The fourth-order valence-electron chi connectivity index (χ4n) is 2.72. The Bertz CT molecular complexity index is 952. The van der Waals surface area contributed by atoms with Gasteiger partial charge < -0.3 is 10.1 Å². The van der Waals surface area contributed by atoms with E-state index in [4.69, 9.17) is 4.74 Å². The van der Waals surface area contributed by atoms with Gasteiger partial charge in [-0.05, 0) is 43.2 Å². The quantitative estimate of drug-likeness (QED) is 0.763. The van der Waals surface area contributed by atoms with Crippen LogP contribution in [0.2, 0.25) is 0 Å². The molecule has 6 nitrogen and oxygen atoms in total. The number of benzene rings is 1. The smallest absolute Gasteiger partial charge is 0.349 e. The molecule has 0 spiro atoms. The van der Waals surface area contributed by atoms with Gasteiger partial charge in [-0.2, -0.15) is 0 Å². The number of carbonyl (C=O) groups is 2. The average Bonchev–Trinajstić information content (AvgIpc) is 3.22. The lowest BCUT2D eigenvalue weighted by atomic mass is 10.2. The number of hydrogen-bond donors (Lipinski definition) is 1. The summed E-state index contributed by atoms with van der Waals surface area (Å²) in [6.45, 7) is 1.44. The highest BCUT2D eigenvalue weighted by Crippen LogP contribution is 2.28. The fraction of sp³-hybridized carbons (Fsp3) is 0.333. The van der Waals surface area contributed by atoms with Gasteiger partial charge in [0.25, 0.3) is 5.91 Å². The highest BCUT2D eigenvalue weighted by Gasteiger charge is 2.31. The molecule has 1 amide bonds. The van der Waals surface area contributed by atoms with Gasteiger partial charge in [0, 0.05) is 10.9 Å². The number of esters is 1. The van der Waals surface area contributed by atoms with Crippen LogP contribution < -0.4 is 5.32 Å². The number of carbonyl (C=O) groups excluding carboxylic acids is 2. The maximum atomic E-state index is 13.0. The van der Waals surface area contributed by atoms with Crippen molar-refractivity contribution >= 4 is 33.1 Å². The van der Waals surface area contributed by atoms with E-state index in [1.54, 1.807) is 24.3 Å². The van der Waals surface area contributed by atoms with Gasteiger partial charge >= 0.3 is 5.97 Å². The van der Waals surface area contributed by atoms with Crippen molar-refractivity contribution in [3.05, 3.63) is 47.1 Å². The molecule has 2 atom stereocenters. The molecule has 1 saturated heterocycles. The SMILES string of the molecule is C[C@H](OC(=O)c1ccc(-c2ccc(F)cc2)s1)C(=O)N[C@@H]1CCS(=O)(=O)C1. The number of hydrogen-bond acceptors (Lipinski definition) is 6. The summed E-state index contributed by atoms with van der Waals surface area (Å²) in [7, 11) is -3.10. The molecule has 1 aromatic heterocycles. The van der Waals surface area contributed by atoms with Crippen molar-refractivity contribution in [2.75, 3.05) is 11.5 Å². The van der Waals surface area contributed by atoms with Gasteiger partial charge in [-0.15, -0.1) is 11.3 Å². The van der Waals surface area contributed by atoms with Gasteiger partial charge in [0.2, 0.25) is 0 Å². The van der Waals surface area contributed by atoms with E-state index in [9.17, 15) is 22.4 Å². The zero-order chi connectivity index (χ0) is 19.6. The van der Waals surface area contributed by atoms with Gasteiger partial charge in [0.15, 0.2) is 15.9 Å². The predicted octanol–water partition coefficient (Wildman–Crippen LogP) is 2.40. The third kappa shape index (κ3) is 4.92. The maximum absolute atomic E-state index is 13.0. The number of sulfone groups is 1. The Kier molecular flexibility index (Phi) is 5.61. The number of amides is 1. The Hall–Kier alpha value is -2.26. The molecule has 0 radical (unpaired) electrons. The molecular weight excluding hydrogens is 393 g/mol. The maximum Gasteiger partial charge on any atom is 0.349 e. The molecule has 3 rings (SSSR count). The highest BCUT2D eigenvalue weighted by atomic mass is 32.2. The van der Waals surface area contributed by atoms with Crippen LogP contribution in [0.3, 0.4) is 0 Å². The normalized spacial score (nSPS) is 19.4. The van der Waals surface area contributed by atoms with Crippen LogP contribution in [0.1, 0.15) is 23.0 Å². The van der Waals surface area contributed by atoms with Crippen LogP contribution in [0, 0.1) is 5.82 Å². The number of nitrogens with one attached hydrogen (secondary N) is 1. The minimum atomic E-state index is -3.10. The van der Waals surface area contributed by atoms with Crippen LogP contribution in [0.15, 0.2) is 36.4 Å². The molecule has 1 aliphatic rings. The standard InChI is InChI=1S/C18H18FNO5S2/c1-11(17(21)20-14-8-9-27(23,24)10-14)25-18(22)16-7-6-15(26-16)12-2-4-13(19)5-3-12/h2-7,11,14H,8-10H2,1H3,(H,20,21)/t11-,14+/m0/s1. The summed E-state index contributed by atoms with van der Waals surface area (Å²) >= 11 is 1.18. The molecule has 0 bridgehead atoms. The first-order valence-corrected chi connectivity index (χ1v) is 10.9. The van der Waals surface area contributed by atoms with Crippen LogP contribution in [-0.2, 0) is 19.4 Å². The number of ether oxygens (including phenoxy) is 1. The summed E-state index contributed by atoms with van der Waals surface area (Å²) in [5, 5.41) is 2.60. The molecule has 2 heterocycles. The van der Waals surface area contributed by atoms with Crippen molar-refractivity contribution < 1.29 is 27.1 Å². The van der Waals surface area contributed by atoms with E-state index >= 15 is 0 Å². The third-order valence-corrected chi connectivity index (χ3v) is 7.05. The van der Waals surface area contributed by atoms with Crippen LogP contribution in [-0.4, -0.2) is 43.9 Å². The van der Waals surface area contributed by atoms with Crippen LogP contribution in [0.4, 0.5) is 4.39 Å². The summed E-state index contributed by atoms with van der Waals surface area (Å²) in [6, 6.07) is 8.76. The van der Waals surface area contributed by atoms with E-state index in [0.29, 0.717) is 11.3 Å². The molecule has 1 N–H and O–H groups in total. The van der Waals surface area contributed by atoms with E-state index in [0.717, 1.165) is 10.4 Å². The van der Waals surface area contributed by atoms with Crippen molar-refractivity contribution in [3.63, 3.8) is 0 Å². The first-order chi connectivity index (χ1) is 12.7. The van der Waals surface area contributed by atoms with Crippen LogP contribution in [0.5, 0.6) is 0 Å². The van der Waals surface area contributed by atoms with Gasteiger partial charge in [-0.3, -0.25) is 4.79 Å². The Morgan fingerprint density at radius 2 is 1.93 bits per heavy atom. The van der Waals surface area contributed by atoms with Gasteiger partial charge in [0.05, 0.1) is 11.5 Å². The molecule has 2 aromatic rings. The summed E-state index contributed by atoms with van der Waals surface area (Å²) in [5.41, 5.74) is 0.772. The largest absolute Gasteiger partial charge is 0.448 e. The highest BCUT2D eigenvalue weighted by molar-refractivity contribution is 7.91. The predicted molar refractivity (Wildman–Crippen MR) is 99.8 cm³/mol. The molecular formula is C18H18FNO5S2. The molecule has 144 valence electrons. The topological polar surface area (TPSA) is 89.5 Å². The minimum absolute atomic E-state index is 0.0491. The monoisotopic (exact) mass is 411 g/mol. The fourth-order valence-corrected chi connectivity index (χ4v) is 5.28. The average molecular weight is 411 g/mol. The van der Waals surface area contributed by atoms with Crippen molar-refractivity contribution in [3.8, 4) is 10.4 Å². The first kappa shape index (κ1) is 19.5. The number of halogens is 1. The van der Waals surface area contributed by atoms with E-state index < -0.39 is 33.9 Å². The van der Waals surface area contributed by atoms with E-state index in [1.165, 1.54) is 30.4 Å². The van der Waals surface area contributed by atoms with E-state index in [2.05, 4.69) is 5.32 Å². The zero-order valence-electron chi connectivity index (χ0n) is 14.5. The molecule has 1 aromatic carbocycles. The molecule has 0 unspecified atom stereocenters. The van der Waals surface area contributed by atoms with Crippen molar-refractivity contribution in [2.24, 2.45) is 0 Å². The Morgan fingerprint density at radius 3 is 2.56 bits per heavy atom. The summed E-state index contributed by atoms with van der Waals surface area (Å²) in [4.78, 5) is 25.5. The third-order valence-electron chi connectivity index (χ3n) is 4.17. The summed E-state index contributed by atoms with van der Waals surface area (Å²) in [5.74, 6) is -1.56. The van der Waals surface area contributed by atoms with Crippen molar-refractivity contribution in [1.82, 2.24) is 5.32 Å². The van der Waals surface area contributed by atoms with Gasteiger partial charge in [0.1, 0.15) is 10.7 Å². The summed E-state index contributed by atoms with van der Waals surface area (Å²) in [6.07, 6.45) is -0.682. The van der Waals surface area contributed by atoms with Crippen LogP contribution >= 0.6 is 11.3 Å². The second-order valence-corrected chi connectivity index (χ2v) is 9.64. The van der Waals surface area contributed by atoms with E-state index in [-0.39, 0.29) is 17.3 Å². The zero-order valence-corrected chi connectivity index (χ0v) is 16.1. The second-order valence-electron chi connectivity index (χ2n) is 6.33. The molecule has 1 fully saturated rings. The lowest BCUT2D eigenvalue weighted by molar-refractivity contribution is -0.129. The lowest BCUT2D eigenvalue weighted by Crippen LogP contribution is -2.42. The van der Waals surface area contributed by atoms with Gasteiger partial charge in [-0.1, -0.05) is 12.1 Å². The molecule has 0 saturated carbocycles. The van der Waals surface area contributed by atoms with Crippen molar-refractivity contribution in [2.45, 2.75) is 25.5 Å². The van der Waals surface area contributed by atoms with Crippen molar-refractivity contribution in [1.29, 1.82) is 0 Å². The number of rotatable bonds is 5. The number of thiophene rings is 1. The molecule has 27 heavy (non-hydrogen) atoms. The Morgan fingerprint density at radius 1 is 1.22 bits per heavy atom. The minimum Gasteiger partial charge on any atom is -0.448 e.